The largest absolute Gasteiger partial charge is 0.392 e. The maximum absolute atomic E-state index is 11.3. The van der Waals surface area contributed by atoms with Gasteiger partial charge in [0.25, 0.3) is 5.91 Å². The molecule has 0 fully saturated rings. The van der Waals surface area contributed by atoms with Crippen molar-refractivity contribution in [3.8, 4) is 0 Å². The maximum atomic E-state index is 11.3. The van der Waals surface area contributed by atoms with Crippen LogP contribution in [0.25, 0.3) is 0 Å². The van der Waals surface area contributed by atoms with Crippen LogP contribution in [0.15, 0.2) is 12.4 Å². The Hall–Kier alpha value is -1.43. The van der Waals surface area contributed by atoms with Crippen LogP contribution in [0.4, 0.5) is 0 Å². The summed E-state index contributed by atoms with van der Waals surface area (Å²) in [7, 11) is 0. The molecule has 0 radical (unpaired) electrons. The number of aromatic amines is 1. The quantitative estimate of drug-likeness (QED) is 0.588. The Labute approximate surface area is 80.7 Å². The van der Waals surface area contributed by atoms with Crippen molar-refractivity contribution in [2.45, 2.75) is 13.0 Å². The number of hydrogen-bond acceptors (Lipinski definition) is 3. The fourth-order valence-corrected chi connectivity index (χ4v) is 0.785. The highest BCUT2D eigenvalue weighted by atomic mass is 32.1. The second-order valence-electron chi connectivity index (χ2n) is 2.58. The van der Waals surface area contributed by atoms with Crippen molar-refractivity contribution in [3.05, 3.63) is 18.0 Å². The lowest BCUT2D eigenvalue weighted by atomic mass is 10.3. The fourth-order valence-electron chi connectivity index (χ4n) is 0.726. The molecular formula is C7H10N4OS. The molecule has 70 valence electrons. The molecule has 1 aromatic rings. The summed E-state index contributed by atoms with van der Waals surface area (Å²) in [6, 6.07) is -0.308. The summed E-state index contributed by atoms with van der Waals surface area (Å²) >= 11 is 4.71. The van der Waals surface area contributed by atoms with Gasteiger partial charge in [-0.1, -0.05) is 12.2 Å². The van der Waals surface area contributed by atoms with Gasteiger partial charge in [-0.3, -0.25) is 9.89 Å². The van der Waals surface area contributed by atoms with Gasteiger partial charge in [0.1, 0.15) is 0 Å². The van der Waals surface area contributed by atoms with E-state index in [1.165, 1.54) is 12.4 Å². The Kier molecular flexibility index (Phi) is 2.97. The fraction of sp³-hybridized carbons (Fsp3) is 0.286. The third kappa shape index (κ3) is 2.51. The van der Waals surface area contributed by atoms with E-state index in [4.69, 9.17) is 18.0 Å². The van der Waals surface area contributed by atoms with Crippen LogP contribution in [0.5, 0.6) is 0 Å². The third-order valence-electron chi connectivity index (χ3n) is 1.53. The van der Waals surface area contributed by atoms with Crippen molar-refractivity contribution in [2.24, 2.45) is 5.73 Å². The minimum absolute atomic E-state index is 0.242. The topological polar surface area (TPSA) is 83.8 Å². The highest BCUT2D eigenvalue weighted by Crippen LogP contribution is 1.94. The first kappa shape index (κ1) is 9.66. The zero-order valence-electron chi connectivity index (χ0n) is 7.07. The van der Waals surface area contributed by atoms with Gasteiger partial charge < -0.3 is 11.1 Å². The predicted octanol–water partition coefficient (Wildman–Crippen LogP) is -0.186. The Bertz CT molecular complexity index is 308. The van der Waals surface area contributed by atoms with Crippen molar-refractivity contribution in [3.63, 3.8) is 0 Å². The lowest BCUT2D eigenvalue weighted by Gasteiger charge is -2.10. The molecule has 1 aromatic heterocycles. The molecule has 0 aliphatic heterocycles. The van der Waals surface area contributed by atoms with Crippen LogP contribution in [0.1, 0.15) is 17.3 Å². The maximum Gasteiger partial charge on any atom is 0.255 e. The first-order valence-electron chi connectivity index (χ1n) is 3.70. The Morgan fingerprint density at radius 3 is 3.00 bits per heavy atom. The zero-order chi connectivity index (χ0) is 9.84. The van der Waals surface area contributed by atoms with E-state index in [1.807, 2.05) is 0 Å². The molecule has 1 unspecified atom stereocenters. The van der Waals surface area contributed by atoms with Crippen LogP contribution < -0.4 is 11.1 Å². The van der Waals surface area contributed by atoms with Crippen molar-refractivity contribution in [2.75, 3.05) is 0 Å². The van der Waals surface area contributed by atoms with E-state index in [0.717, 1.165) is 0 Å². The lowest BCUT2D eigenvalue weighted by molar-refractivity contribution is 0.0949. The summed E-state index contributed by atoms with van der Waals surface area (Å²) < 4.78 is 0. The normalized spacial score (nSPS) is 12.1. The van der Waals surface area contributed by atoms with Crippen molar-refractivity contribution in [1.82, 2.24) is 15.5 Å². The number of nitrogens with zero attached hydrogens (tertiary/aromatic N) is 1. The van der Waals surface area contributed by atoms with Crippen molar-refractivity contribution >= 4 is 23.1 Å². The molecule has 0 spiro atoms. The molecule has 0 saturated heterocycles. The molecule has 4 N–H and O–H groups in total. The van der Waals surface area contributed by atoms with E-state index in [-0.39, 0.29) is 16.9 Å². The highest BCUT2D eigenvalue weighted by Gasteiger charge is 2.11. The molecule has 6 heteroatoms. The van der Waals surface area contributed by atoms with Gasteiger partial charge in [0.15, 0.2) is 0 Å². The average molecular weight is 198 g/mol. The minimum atomic E-state index is -0.308. The SMILES string of the molecule is CC(NC(=O)c1cn[nH]c1)C(N)=S. The highest BCUT2D eigenvalue weighted by molar-refractivity contribution is 7.80. The zero-order valence-corrected chi connectivity index (χ0v) is 7.89. The molecule has 1 amide bonds. The summed E-state index contributed by atoms with van der Waals surface area (Å²) in [5, 5.41) is 8.80. The summed E-state index contributed by atoms with van der Waals surface area (Å²) in [6.45, 7) is 1.72. The Balaban J connectivity index is 2.56. The van der Waals surface area contributed by atoms with Crippen LogP contribution in [0, 0.1) is 0 Å². The third-order valence-corrected chi connectivity index (χ3v) is 1.89. The lowest BCUT2D eigenvalue weighted by Crippen LogP contribution is -2.41. The van der Waals surface area contributed by atoms with Crippen LogP contribution >= 0.6 is 12.2 Å². The number of aromatic nitrogens is 2. The average Bonchev–Trinajstić information content (AvgIpc) is 2.55. The molecular weight excluding hydrogens is 188 g/mol. The van der Waals surface area contributed by atoms with E-state index in [2.05, 4.69) is 15.5 Å². The Morgan fingerprint density at radius 1 is 1.85 bits per heavy atom. The number of nitrogens with two attached hydrogens (primary N) is 1. The van der Waals surface area contributed by atoms with E-state index in [9.17, 15) is 4.79 Å². The molecule has 0 aliphatic carbocycles. The van der Waals surface area contributed by atoms with Gasteiger partial charge >= 0.3 is 0 Å². The molecule has 5 nitrogen and oxygen atoms in total. The second kappa shape index (κ2) is 3.99. The number of carbonyl (C=O) groups excluding carboxylic acids is 1. The number of hydrogen-bond donors (Lipinski definition) is 3. The number of H-pyrrole nitrogens is 1. The van der Waals surface area contributed by atoms with Crippen LogP contribution in [-0.2, 0) is 0 Å². The van der Waals surface area contributed by atoms with Gasteiger partial charge in [-0.25, -0.2) is 0 Å². The van der Waals surface area contributed by atoms with Crippen LogP contribution in [0.3, 0.4) is 0 Å². The molecule has 1 heterocycles. The van der Waals surface area contributed by atoms with E-state index >= 15 is 0 Å². The molecule has 0 aliphatic rings. The monoisotopic (exact) mass is 198 g/mol. The van der Waals surface area contributed by atoms with Gasteiger partial charge in [0, 0.05) is 6.20 Å². The van der Waals surface area contributed by atoms with Crippen LogP contribution in [-0.4, -0.2) is 27.1 Å². The molecule has 1 atom stereocenters. The van der Waals surface area contributed by atoms with Gasteiger partial charge in [0.05, 0.1) is 22.8 Å². The smallest absolute Gasteiger partial charge is 0.255 e. The first-order chi connectivity index (χ1) is 6.11. The second-order valence-corrected chi connectivity index (χ2v) is 3.06. The van der Waals surface area contributed by atoms with Crippen molar-refractivity contribution in [1.29, 1.82) is 0 Å². The number of thiocarbonyl (C=S) groups is 1. The molecule has 0 bridgehead atoms. The van der Waals surface area contributed by atoms with E-state index < -0.39 is 0 Å². The molecule has 13 heavy (non-hydrogen) atoms. The minimum Gasteiger partial charge on any atom is -0.392 e. The van der Waals surface area contributed by atoms with Gasteiger partial charge in [0.2, 0.25) is 0 Å². The number of carbonyl (C=O) groups is 1. The van der Waals surface area contributed by atoms with Gasteiger partial charge in [-0.15, -0.1) is 0 Å². The molecule has 0 aromatic carbocycles. The number of rotatable bonds is 3. The summed E-state index contributed by atoms with van der Waals surface area (Å²) in [5.41, 5.74) is 5.79. The standard InChI is InChI=1S/C7H10N4OS/c1-4(6(8)13)11-7(12)5-2-9-10-3-5/h2-4H,1H3,(H2,8,13)(H,9,10)(H,11,12). The van der Waals surface area contributed by atoms with Crippen LogP contribution in [0.2, 0.25) is 0 Å². The predicted molar refractivity (Wildman–Crippen MR) is 52.3 cm³/mol. The number of amides is 1. The number of nitrogens with one attached hydrogen (secondary N) is 2. The summed E-state index contributed by atoms with van der Waals surface area (Å²) in [4.78, 5) is 11.6. The Morgan fingerprint density at radius 2 is 2.54 bits per heavy atom. The first-order valence-corrected chi connectivity index (χ1v) is 4.11. The summed E-state index contributed by atoms with van der Waals surface area (Å²) in [6.07, 6.45) is 2.93. The van der Waals surface area contributed by atoms with Gasteiger partial charge in [-0.05, 0) is 6.92 Å². The summed E-state index contributed by atoms with van der Waals surface area (Å²) in [5.74, 6) is -0.242. The van der Waals surface area contributed by atoms with E-state index in [1.54, 1.807) is 6.92 Å². The van der Waals surface area contributed by atoms with Crippen molar-refractivity contribution < 1.29 is 4.79 Å². The van der Waals surface area contributed by atoms with Gasteiger partial charge in [-0.2, -0.15) is 5.10 Å². The molecule has 1 rings (SSSR count). The van der Waals surface area contributed by atoms with E-state index in [0.29, 0.717) is 5.56 Å². The molecule has 0 saturated carbocycles.